The lowest BCUT2D eigenvalue weighted by Gasteiger charge is -2.55. The minimum Gasteiger partial charge on any atom is -0.380 e. The molecule has 1 N–H and O–H groups in total. The molecule has 2 aromatic carbocycles. The molecule has 220 valence electrons. The van der Waals surface area contributed by atoms with Crippen molar-refractivity contribution >= 4 is 56.5 Å². The lowest BCUT2D eigenvalue weighted by Crippen LogP contribution is -2.65. The van der Waals surface area contributed by atoms with E-state index in [1.165, 1.54) is 21.6 Å². The first-order valence-electron chi connectivity index (χ1n) is 14.0. The lowest BCUT2D eigenvalue weighted by atomic mass is 9.78. The fourth-order valence-electron chi connectivity index (χ4n) is 6.45. The molecule has 3 aliphatic heterocycles. The highest BCUT2D eigenvalue weighted by Crippen LogP contribution is 2.41. The zero-order chi connectivity index (χ0) is 29.3. The van der Waals surface area contributed by atoms with Crippen LogP contribution in [0.3, 0.4) is 0 Å². The molecule has 0 bridgehead atoms. The molecule has 3 aromatic heterocycles. The summed E-state index contributed by atoms with van der Waals surface area (Å²) < 4.78 is 23.0. The van der Waals surface area contributed by atoms with Crippen LogP contribution in [0.25, 0.3) is 22.0 Å². The molecule has 3 aliphatic rings. The van der Waals surface area contributed by atoms with E-state index < -0.39 is 18.1 Å². The maximum atomic E-state index is 14.3. The predicted molar refractivity (Wildman–Crippen MR) is 163 cm³/mol. The van der Waals surface area contributed by atoms with Crippen LogP contribution in [-0.2, 0) is 29.0 Å². The van der Waals surface area contributed by atoms with E-state index in [0.29, 0.717) is 42.9 Å². The summed E-state index contributed by atoms with van der Waals surface area (Å²) in [5.74, 6) is -0.396. The van der Waals surface area contributed by atoms with Crippen LogP contribution in [0.5, 0.6) is 0 Å². The van der Waals surface area contributed by atoms with Gasteiger partial charge in [0, 0.05) is 65.9 Å². The number of carbonyl (C=O) groups is 1. The summed E-state index contributed by atoms with van der Waals surface area (Å²) in [6.45, 7) is 5.01. The number of nitrogens with zero attached hydrogens (tertiary/aromatic N) is 6. The Morgan fingerprint density at radius 1 is 1.21 bits per heavy atom. The first-order valence-corrected chi connectivity index (χ1v) is 15.6. The third-order valence-corrected chi connectivity index (χ3v) is 9.92. The molecule has 9 nitrogen and oxygen atoms in total. The van der Waals surface area contributed by atoms with E-state index in [-0.39, 0.29) is 13.0 Å². The number of benzene rings is 2. The first-order chi connectivity index (χ1) is 20.9. The first kappa shape index (κ1) is 27.2. The Bertz CT molecular complexity index is 1840. The second-order valence-corrected chi connectivity index (χ2v) is 13.4. The van der Waals surface area contributed by atoms with Gasteiger partial charge in [0.15, 0.2) is 11.2 Å². The number of nitrogens with one attached hydrogen (secondary N) is 1. The number of ether oxygens (including phenoxy) is 1. The Hall–Kier alpha value is -3.35. The number of alkyl halides is 1. The minimum atomic E-state index is -1.03. The predicted octanol–water partition coefficient (Wildman–Crippen LogP) is 5.62. The number of hydrogen-bond acceptors (Lipinski definition) is 7. The summed E-state index contributed by atoms with van der Waals surface area (Å²) in [7, 11) is 0. The second-order valence-electron chi connectivity index (χ2n) is 11.7. The van der Waals surface area contributed by atoms with E-state index in [1.807, 2.05) is 18.2 Å². The van der Waals surface area contributed by atoms with Gasteiger partial charge in [-0.25, -0.2) is 14.4 Å². The van der Waals surface area contributed by atoms with E-state index in [9.17, 15) is 9.18 Å². The lowest BCUT2D eigenvalue weighted by molar-refractivity contribution is -0.191. The van der Waals surface area contributed by atoms with Crippen LogP contribution in [-0.4, -0.2) is 67.6 Å². The number of fused-ring (bicyclic) bond motifs is 2. The monoisotopic (exact) mass is 637 g/mol. The van der Waals surface area contributed by atoms with Gasteiger partial charge in [-0.2, -0.15) is 5.10 Å². The minimum absolute atomic E-state index is 0.172. The number of carbonyl (C=O) groups excluding carboxylic acids is 1. The molecule has 0 unspecified atom stereocenters. The van der Waals surface area contributed by atoms with Gasteiger partial charge < -0.3 is 9.30 Å². The molecule has 2 fully saturated rings. The van der Waals surface area contributed by atoms with Crippen LogP contribution in [0.2, 0.25) is 10.0 Å². The van der Waals surface area contributed by atoms with Crippen LogP contribution in [0, 0.1) is 5.41 Å². The van der Waals surface area contributed by atoms with Gasteiger partial charge in [0.2, 0.25) is 0 Å². The van der Waals surface area contributed by atoms with Crippen LogP contribution in [0.4, 0.5) is 9.52 Å². The van der Waals surface area contributed by atoms with Crippen molar-refractivity contribution in [3.8, 4) is 11.1 Å². The summed E-state index contributed by atoms with van der Waals surface area (Å²) in [6, 6.07) is 9.16. The Morgan fingerprint density at radius 2 is 2.02 bits per heavy atom. The van der Waals surface area contributed by atoms with Gasteiger partial charge >= 0.3 is 0 Å². The maximum Gasteiger partial charge on any atom is 0.257 e. The normalized spacial score (nSPS) is 19.7. The smallest absolute Gasteiger partial charge is 0.257 e. The molecular weight excluding hydrogens is 612 g/mol. The molecule has 13 heteroatoms. The van der Waals surface area contributed by atoms with Gasteiger partial charge in [0.05, 0.1) is 41.8 Å². The third-order valence-electron chi connectivity index (χ3n) is 8.53. The van der Waals surface area contributed by atoms with Gasteiger partial charge in [-0.05, 0) is 17.2 Å². The van der Waals surface area contributed by atoms with Gasteiger partial charge in [-0.1, -0.05) is 47.5 Å². The summed E-state index contributed by atoms with van der Waals surface area (Å²) in [5, 5.41) is 11.3. The largest absolute Gasteiger partial charge is 0.380 e. The number of anilines is 1. The summed E-state index contributed by atoms with van der Waals surface area (Å²) in [4.78, 5) is 24.8. The Kier molecular flexibility index (Phi) is 6.57. The zero-order valence-electron chi connectivity index (χ0n) is 22.8. The van der Waals surface area contributed by atoms with Crippen molar-refractivity contribution in [2.45, 2.75) is 31.7 Å². The highest BCUT2D eigenvalue weighted by atomic mass is 35.5. The number of hydrogen-bond donors (Lipinski definition) is 1. The van der Waals surface area contributed by atoms with Crippen LogP contribution >= 0.6 is 34.5 Å². The molecule has 8 rings (SSSR count). The number of imidazole rings is 1. The Balaban J connectivity index is 1.12. The Morgan fingerprint density at radius 3 is 2.74 bits per heavy atom. The standard InChI is InChI=1S/C30H26Cl2FN7O2S/c31-22-8-20(18-3-1-17(2-4-18)9-38-12-30(13-38)14-42-15-30)24(32)25-21(22)11-40(37-25)27(28(41)36-29-34-5-6-43-29)26-23-7-19(33)10-39(23)16-35-26/h1-6,8,11,16,19,27H,7,9-10,12-15H2,(H,34,36,41)/t19-,27-/m1/s1. The van der Waals surface area contributed by atoms with E-state index >= 15 is 0 Å². The van der Waals surface area contributed by atoms with Gasteiger partial charge in [0.1, 0.15) is 11.7 Å². The highest BCUT2D eigenvalue weighted by Gasteiger charge is 2.48. The fraction of sp³-hybridized carbons (Fsp3) is 0.333. The van der Waals surface area contributed by atoms with Crippen LogP contribution < -0.4 is 5.32 Å². The number of thiazole rings is 1. The molecule has 1 amide bonds. The Labute approximate surface area is 260 Å². The van der Waals surface area contributed by atoms with Gasteiger partial charge in [-0.3, -0.25) is 19.7 Å². The second kappa shape index (κ2) is 10.4. The number of aromatic nitrogens is 5. The molecule has 0 aliphatic carbocycles. The van der Waals surface area contributed by atoms with Gasteiger partial charge in [0.25, 0.3) is 5.91 Å². The molecule has 0 radical (unpaired) electrons. The number of amides is 1. The molecule has 2 saturated heterocycles. The molecule has 6 heterocycles. The number of rotatable bonds is 7. The number of likely N-dealkylation sites (tertiary alicyclic amines) is 1. The zero-order valence-corrected chi connectivity index (χ0v) is 25.2. The highest BCUT2D eigenvalue weighted by molar-refractivity contribution is 7.13. The topological polar surface area (TPSA) is 90.1 Å². The summed E-state index contributed by atoms with van der Waals surface area (Å²) in [6.07, 6.45) is 4.02. The van der Waals surface area contributed by atoms with Crippen LogP contribution in [0.15, 0.2) is 54.4 Å². The molecular formula is C30H26Cl2FN7O2S. The van der Waals surface area contributed by atoms with Crippen molar-refractivity contribution in [2.24, 2.45) is 5.41 Å². The van der Waals surface area contributed by atoms with Gasteiger partial charge in [-0.15, -0.1) is 11.3 Å². The molecule has 43 heavy (non-hydrogen) atoms. The quantitative estimate of drug-likeness (QED) is 0.249. The van der Waals surface area contributed by atoms with E-state index in [0.717, 1.165) is 44.0 Å². The van der Waals surface area contributed by atoms with Crippen molar-refractivity contribution in [1.82, 2.24) is 29.2 Å². The summed E-state index contributed by atoms with van der Waals surface area (Å²) in [5.41, 5.74) is 4.84. The molecule has 5 aromatic rings. The van der Waals surface area contributed by atoms with Crippen LogP contribution in [0.1, 0.15) is 23.0 Å². The molecule has 1 spiro atoms. The fourth-order valence-corrected chi connectivity index (χ4v) is 7.53. The van der Waals surface area contributed by atoms with Crippen molar-refractivity contribution < 1.29 is 13.9 Å². The molecule has 0 saturated carbocycles. The van der Waals surface area contributed by atoms with E-state index in [1.54, 1.807) is 28.7 Å². The third kappa shape index (κ3) is 4.74. The summed E-state index contributed by atoms with van der Waals surface area (Å²) >= 11 is 15.1. The van der Waals surface area contributed by atoms with E-state index in [2.05, 4.69) is 32.3 Å². The van der Waals surface area contributed by atoms with Crippen molar-refractivity contribution in [2.75, 3.05) is 31.6 Å². The maximum absolute atomic E-state index is 14.3. The van der Waals surface area contributed by atoms with Crippen molar-refractivity contribution in [1.29, 1.82) is 0 Å². The molecule has 2 atom stereocenters. The average molecular weight is 639 g/mol. The van der Waals surface area contributed by atoms with E-state index in [4.69, 9.17) is 33.0 Å². The average Bonchev–Trinajstić information content (AvgIpc) is 3.74. The van der Waals surface area contributed by atoms with Crippen molar-refractivity contribution in [3.05, 3.63) is 81.4 Å². The number of halogens is 3. The SMILES string of the molecule is O=C(Nc1nccs1)[C@@H](c1ncn2c1C[C@@H](F)C2)n1cc2c(Cl)cc(-c3ccc(CN4CC5(COC5)C4)cc3)c(Cl)c2n1. The van der Waals surface area contributed by atoms with Crippen molar-refractivity contribution in [3.63, 3.8) is 0 Å².